The van der Waals surface area contributed by atoms with Gasteiger partial charge in [-0.25, -0.2) is 8.42 Å². The largest absolute Gasteiger partial charge is 0.495 e. The molecule has 0 amide bonds. The summed E-state index contributed by atoms with van der Waals surface area (Å²) in [6.07, 6.45) is -0.282. The van der Waals surface area contributed by atoms with E-state index in [2.05, 4.69) is 27.4 Å². The normalized spacial score (nSPS) is 17.6. The minimum atomic E-state index is -4.41. The van der Waals surface area contributed by atoms with E-state index in [1.54, 1.807) is 31.2 Å². The van der Waals surface area contributed by atoms with Gasteiger partial charge in [0.1, 0.15) is 12.3 Å². The molecule has 1 aliphatic rings. The van der Waals surface area contributed by atoms with Crippen LogP contribution in [0.5, 0.6) is 5.75 Å². The first-order chi connectivity index (χ1) is 19.5. The second-order valence-corrected chi connectivity index (χ2v) is 12.5. The number of fused-ring (bicyclic) bond motifs is 1. The van der Waals surface area contributed by atoms with Crippen LogP contribution in [0.15, 0.2) is 47.4 Å². The molecule has 1 heterocycles. The highest BCUT2D eigenvalue weighted by atomic mass is 32.2. The van der Waals surface area contributed by atoms with Gasteiger partial charge in [-0.15, -0.1) is 0 Å². The molecule has 0 atom stereocenters. The van der Waals surface area contributed by atoms with Gasteiger partial charge in [0.2, 0.25) is 0 Å². The van der Waals surface area contributed by atoms with Crippen molar-refractivity contribution < 1.29 is 26.3 Å². The highest BCUT2D eigenvalue weighted by Gasteiger charge is 2.31. The fourth-order valence-corrected chi connectivity index (χ4v) is 6.33. The van der Waals surface area contributed by atoms with Crippen LogP contribution in [0.25, 0.3) is 10.9 Å². The van der Waals surface area contributed by atoms with E-state index in [0.29, 0.717) is 29.0 Å². The van der Waals surface area contributed by atoms with Crippen LogP contribution >= 0.6 is 0 Å². The predicted octanol–water partition coefficient (Wildman–Crippen LogP) is 5.44. The van der Waals surface area contributed by atoms with Crippen molar-refractivity contribution in [2.45, 2.75) is 62.3 Å². The number of sulfone groups is 1. The van der Waals surface area contributed by atoms with Gasteiger partial charge in [0.05, 0.1) is 41.2 Å². The molecular formula is C30H37F3N4O3S. The molecule has 0 bridgehead atoms. The van der Waals surface area contributed by atoms with Gasteiger partial charge >= 0.3 is 6.18 Å². The van der Waals surface area contributed by atoms with E-state index in [1.165, 1.54) is 23.8 Å². The van der Waals surface area contributed by atoms with E-state index in [0.717, 1.165) is 36.8 Å². The molecule has 0 aliphatic heterocycles. The maximum absolute atomic E-state index is 13.6. The average Bonchev–Trinajstić information content (AvgIpc) is 3.30. The number of hydrogen-bond acceptors (Lipinski definition) is 6. The second kappa shape index (κ2) is 12.7. The molecule has 2 N–H and O–H groups in total. The molecular weight excluding hydrogens is 553 g/mol. The predicted molar refractivity (Wildman–Crippen MR) is 158 cm³/mol. The number of nitrogens with one attached hydrogen (secondary N) is 2. The van der Waals surface area contributed by atoms with E-state index >= 15 is 0 Å². The Balaban J connectivity index is 1.61. The number of alkyl halides is 3. The number of aromatic nitrogens is 1. The third kappa shape index (κ3) is 7.11. The van der Waals surface area contributed by atoms with Crippen molar-refractivity contribution in [1.82, 2.24) is 9.88 Å². The first kappa shape index (κ1) is 30.6. The van der Waals surface area contributed by atoms with Crippen LogP contribution in [-0.4, -0.2) is 64.7 Å². The Morgan fingerprint density at radius 1 is 1.12 bits per heavy atom. The SMILES string of the molecule is CCS(=O)(=O)c1ccc(NCC#Cc2cc3c(N(C)C4CCC(NC)CC4)cccc3n2CC(F)(F)F)c(OC)c1. The van der Waals surface area contributed by atoms with Crippen molar-refractivity contribution >= 4 is 32.1 Å². The van der Waals surface area contributed by atoms with Crippen LogP contribution < -0.4 is 20.3 Å². The first-order valence-electron chi connectivity index (χ1n) is 13.7. The standard InChI is InChI=1S/C30H37F3N4O3S/c1-5-41(38,39)24-15-16-26(29(19-24)40-4)35-17-7-8-23-18-25-27(36(3)22-13-11-21(34-2)12-14-22)9-6-10-28(25)37(23)20-30(31,32)33/h6,9-10,15-16,18-19,21-22,34-35H,5,11-14,17,20H2,1-4H3. The number of nitrogens with zero attached hydrogens (tertiary/aromatic N) is 2. The lowest BCUT2D eigenvalue weighted by Crippen LogP contribution is -2.39. The summed E-state index contributed by atoms with van der Waals surface area (Å²) in [5.74, 6) is 6.15. The molecule has 0 radical (unpaired) electrons. The maximum atomic E-state index is 13.6. The van der Waals surface area contributed by atoms with Gasteiger partial charge in [-0.2, -0.15) is 13.2 Å². The lowest BCUT2D eigenvalue weighted by atomic mass is 9.90. The fourth-order valence-electron chi connectivity index (χ4n) is 5.43. The molecule has 222 valence electrons. The summed E-state index contributed by atoms with van der Waals surface area (Å²) in [5.41, 5.74) is 2.19. The van der Waals surface area contributed by atoms with Gasteiger partial charge in [0.25, 0.3) is 0 Å². The Morgan fingerprint density at radius 3 is 2.49 bits per heavy atom. The topological polar surface area (TPSA) is 75.6 Å². The minimum absolute atomic E-state index is 0.0324. The molecule has 4 rings (SSSR count). The Morgan fingerprint density at radius 2 is 1.85 bits per heavy atom. The van der Waals surface area contributed by atoms with E-state index in [4.69, 9.17) is 4.74 Å². The van der Waals surface area contributed by atoms with Crippen molar-refractivity contribution in [3.05, 3.63) is 48.2 Å². The summed E-state index contributed by atoms with van der Waals surface area (Å²) >= 11 is 0. The van der Waals surface area contributed by atoms with Gasteiger partial charge in [-0.3, -0.25) is 0 Å². The van der Waals surface area contributed by atoms with Crippen LogP contribution in [0.4, 0.5) is 24.5 Å². The van der Waals surface area contributed by atoms with Crippen LogP contribution in [0.2, 0.25) is 0 Å². The number of hydrogen-bond donors (Lipinski definition) is 2. The smallest absolute Gasteiger partial charge is 0.406 e. The molecule has 41 heavy (non-hydrogen) atoms. The molecule has 7 nitrogen and oxygen atoms in total. The molecule has 1 saturated carbocycles. The van der Waals surface area contributed by atoms with Gasteiger partial charge in [-0.05, 0) is 69.0 Å². The van der Waals surface area contributed by atoms with E-state index in [9.17, 15) is 21.6 Å². The molecule has 1 aromatic heterocycles. The molecule has 3 aromatic rings. The van der Waals surface area contributed by atoms with Gasteiger partial charge in [0, 0.05) is 36.3 Å². The Hall–Kier alpha value is -3.36. The van der Waals surface area contributed by atoms with Crippen LogP contribution in [0.3, 0.4) is 0 Å². The number of ether oxygens (including phenoxy) is 1. The summed E-state index contributed by atoms with van der Waals surface area (Å²) in [7, 11) is 2.03. The van der Waals surface area contributed by atoms with Gasteiger partial charge in [0.15, 0.2) is 9.84 Å². The van der Waals surface area contributed by atoms with E-state index < -0.39 is 22.6 Å². The summed E-state index contributed by atoms with van der Waals surface area (Å²) in [4.78, 5) is 2.35. The molecule has 1 fully saturated rings. The highest BCUT2D eigenvalue weighted by molar-refractivity contribution is 7.91. The monoisotopic (exact) mass is 590 g/mol. The van der Waals surface area contributed by atoms with Crippen LogP contribution in [0, 0.1) is 11.8 Å². The zero-order chi connectivity index (χ0) is 29.8. The summed E-state index contributed by atoms with van der Waals surface area (Å²) in [6, 6.07) is 12.5. The molecule has 0 unspecified atom stereocenters. The Labute approximate surface area is 240 Å². The maximum Gasteiger partial charge on any atom is 0.406 e. The number of benzene rings is 2. The number of halogens is 3. The highest BCUT2D eigenvalue weighted by Crippen LogP contribution is 2.35. The molecule has 11 heteroatoms. The summed E-state index contributed by atoms with van der Waals surface area (Å²) in [6.45, 7) is 0.540. The molecule has 2 aromatic carbocycles. The van der Waals surface area contributed by atoms with Crippen LogP contribution in [-0.2, 0) is 16.4 Å². The first-order valence-corrected chi connectivity index (χ1v) is 15.3. The van der Waals surface area contributed by atoms with Crippen molar-refractivity contribution in [2.75, 3.05) is 43.7 Å². The summed E-state index contributed by atoms with van der Waals surface area (Å²) in [5, 5.41) is 7.15. The van der Waals surface area contributed by atoms with Crippen molar-refractivity contribution in [2.24, 2.45) is 0 Å². The summed E-state index contributed by atoms with van der Waals surface area (Å²) < 4.78 is 71.8. The lowest BCUT2D eigenvalue weighted by molar-refractivity contribution is -0.140. The second-order valence-electron chi connectivity index (χ2n) is 10.3. The lowest BCUT2D eigenvalue weighted by Gasteiger charge is -2.36. The third-order valence-electron chi connectivity index (χ3n) is 7.79. The van der Waals surface area contributed by atoms with Crippen LogP contribution in [0.1, 0.15) is 38.3 Å². The van der Waals surface area contributed by atoms with E-state index in [1.807, 2.05) is 20.2 Å². The van der Waals surface area contributed by atoms with E-state index in [-0.39, 0.29) is 22.9 Å². The average molecular weight is 591 g/mol. The number of methoxy groups -OCH3 is 1. The zero-order valence-electron chi connectivity index (χ0n) is 23.8. The third-order valence-corrected chi connectivity index (χ3v) is 9.52. The number of rotatable bonds is 9. The fraction of sp³-hybridized carbons (Fsp3) is 0.467. The Bertz CT molecular complexity index is 1530. The number of anilines is 2. The zero-order valence-corrected chi connectivity index (χ0v) is 24.6. The minimum Gasteiger partial charge on any atom is -0.495 e. The van der Waals surface area contributed by atoms with Crippen molar-refractivity contribution in [1.29, 1.82) is 0 Å². The molecule has 1 aliphatic carbocycles. The van der Waals surface area contributed by atoms with Crippen molar-refractivity contribution in [3.8, 4) is 17.6 Å². The van der Waals surface area contributed by atoms with Gasteiger partial charge in [-0.1, -0.05) is 18.9 Å². The molecule has 0 saturated heterocycles. The Kier molecular flexibility index (Phi) is 9.44. The van der Waals surface area contributed by atoms with Gasteiger partial charge < -0.3 is 24.8 Å². The molecule has 0 spiro atoms. The van der Waals surface area contributed by atoms with Crippen molar-refractivity contribution in [3.63, 3.8) is 0 Å². The quantitative estimate of drug-likeness (QED) is 0.324.